The van der Waals surface area contributed by atoms with Gasteiger partial charge in [-0.1, -0.05) is 52.3 Å². The molecule has 0 bridgehead atoms. The average Bonchev–Trinajstić information content (AvgIpc) is 3.09. The van der Waals surface area contributed by atoms with Crippen LogP contribution in [0.1, 0.15) is 105 Å². The normalized spacial score (nSPS) is 42.6. The summed E-state index contributed by atoms with van der Waals surface area (Å²) in [5.74, 6) is 5.40. The number of carbonyl (C=O) groups excluding carboxylic acids is 1. The van der Waals surface area contributed by atoms with Gasteiger partial charge in [0, 0.05) is 6.42 Å². The Kier molecular flexibility index (Phi) is 6.15. The fraction of sp³-hybridized carbons (Fsp3) is 0.828. The van der Waals surface area contributed by atoms with Crippen molar-refractivity contribution >= 4 is 5.78 Å². The van der Waals surface area contributed by atoms with Crippen LogP contribution in [0.4, 0.5) is 0 Å². The number of ketones is 1. The number of rotatable bonds is 6. The fourth-order valence-electron chi connectivity index (χ4n) is 8.68. The maximum atomic E-state index is 12.1. The molecule has 4 aliphatic rings. The second-order valence-electron chi connectivity index (χ2n) is 12.2. The lowest BCUT2D eigenvalue weighted by Crippen LogP contribution is -2.50. The van der Waals surface area contributed by atoms with Gasteiger partial charge in [0.2, 0.25) is 0 Å². The second-order valence-corrected chi connectivity index (χ2v) is 12.2. The van der Waals surface area contributed by atoms with Gasteiger partial charge in [0.25, 0.3) is 0 Å². The van der Waals surface area contributed by atoms with E-state index in [0.717, 1.165) is 42.4 Å². The molecule has 0 saturated heterocycles. The molecule has 0 amide bonds. The summed E-state index contributed by atoms with van der Waals surface area (Å²) in [4.78, 5) is 12.1. The van der Waals surface area contributed by atoms with Crippen molar-refractivity contribution < 1.29 is 4.79 Å². The van der Waals surface area contributed by atoms with Crippen molar-refractivity contribution in [1.82, 2.24) is 0 Å². The van der Waals surface area contributed by atoms with Crippen molar-refractivity contribution in [3.63, 3.8) is 0 Å². The third kappa shape index (κ3) is 3.57. The van der Waals surface area contributed by atoms with Crippen LogP contribution in [0, 0.1) is 46.3 Å². The van der Waals surface area contributed by atoms with Gasteiger partial charge in [-0.05, 0) is 117 Å². The molecule has 168 valence electrons. The molecule has 0 aromatic rings. The van der Waals surface area contributed by atoms with Crippen LogP contribution in [0.25, 0.3) is 0 Å². The monoisotopic (exact) mass is 410 g/mol. The topological polar surface area (TPSA) is 17.1 Å². The van der Waals surface area contributed by atoms with E-state index in [1.807, 2.05) is 0 Å². The van der Waals surface area contributed by atoms with E-state index < -0.39 is 0 Å². The van der Waals surface area contributed by atoms with Crippen LogP contribution < -0.4 is 0 Å². The Morgan fingerprint density at radius 1 is 1.10 bits per heavy atom. The molecule has 0 N–H and O–H groups in total. The third-order valence-electron chi connectivity index (χ3n) is 11.0. The van der Waals surface area contributed by atoms with Crippen LogP contribution in [-0.2, 0) is 4.79 Å². The fourth-order valence-corrected chi connectivity index (χ4v) is 8.68. The lowest BCUT2D eigenvalue weighted by molar-refractivity contribution is -0.117. The van der Waals surface area contributed by atoms with Crippen molar-refractivity contribution in [3.05, 3.63) is 23.8 Å². The van der Waals surface area contributed by atoms with E-state index in [-0.39, 0.29) is 0 Å². The van der Waals surface area contributed by atoms with E-state index in [1.54, 1.807) is 0 Å². The molecule has 0 aromatic carbocycles. The predicted octanol–water partition coefficient (Wildman–Crippen LogP) is 8.15. The molecule has 4 aliphatic carbocycles. The van der Waals surface area contributed by atoms with Crippen LogP contribution in [0.5, 0.6) is 0 Å². The van der Waals surface area contributed by atoms with Gasteiger partial charge in [0.1, 0.15) is 0 Å². The van der Waals surface area contributed by atoms with Crippen LogP contribution >= 0.6 is 0 Å². The molecule has 0 aliphatic heterocycles. The number of hydrogen-bond acceptors (Lipinski definition) is 1. The highest BCUT2D eigenvalue weighted by Crippen LogP contribution is 2.67. The standard InChI is InChI=1S/C29H46O/c1-7-19(2)20(3)8-9-21(4)25-12-13-26-24-11-10-22-18-23(30)14-16-28(22,5)27(24)15-17-29(25,26)6/h18-19,21,24-27H,3,7-17H2,1-2,4-6H3/t19-,21-,24+,25-,26+,27+,28+,29-/m1/s1. The zero-order chi connectivity index (χ0) is 21.7. The Morgan fingerprint density at radius 2 is 1.87 bits per heavy atom. The Morgan fingerprint density at radius 3 is 2.60 bits per heavy atom. The summed E-state index contributed by atoms with van der Waals surface area (Å²) < 4.78 is 0. The first-order valence-corrected chi connectivity index (χ1v) is 13.1. The Labute approximate surface area is 186 Å². The molecular weight excluding hydrogens is 364 g/mol. The van der Waals surface area contributed by atoms with Crippen LogP contribution in [-0.4, -0.2) is 5.78 Å². The van der Waals surface area contributed by atoms with Crippen molar-refractivity contribution in [2.45, 2.75) is 105 Å². The van der Waals surface area contributed by atoms with Crippen molar-refractivity contribution in [3.8, 4) is 0 Å². The van der Waals surface area contributed by atoms with E-state index in [9.17, 15) is 4.79 Å². The quantitative estimate of drug-likeness (QED) is 0.404. The number of fused-ring (bicyclic) bond motifs is 5. The lowest BCUT2D eigenvalue weighted by atomic mass is 9.46. The summed E-state index contributed by atoms with van der Waals surface area (Å²) in [5.41, 5.74) is 3.84. The minimum absolute atomic E-state index is 0.315. The molecule has 3 fully saturated rings. The van der Waals surface area contributed by atoms with Crippen LogP contribution in [0.3, 0.4) is 0 Å². The van der Waals surface area contributed by atoms with Gasteiger partial charge in [-0.15, -0.1) is 0 Å². The van der Waals surface area contributed by atoms with Crippen molar-refractivity contribution in [2.75, 3.05) is 0 Å². The SMILES string of the molecule is C=C(CC[C@@H](C)[C@H]1CC[C@H]2[C@@H]3CCC4=CC(=O)CC[C@]4(C)[C@H]3CC[C@]12C)[C@H](C)CC. The molecule has 0 heterocycles. The van der Waals surface area contributed by atoms with Crippen molar-refractivity contribution in [1.29, 1.82) is 0 Å². The van der Waals surface area contributed by atoms with Gasteiger partial charge >= 0.3 is 0 Å². The number of hydrogen-bond donors (Lipinski definition) is 0. The highest BCUT2D eigenvalue weighted by molar-refractivity contribution is 5.91. The maximum Gasteiger partial charge on any atom is 0.155 e. The van der Waals surface area contributed by atoms with E-state index in [2.05, 4.69) is 47.3 Å². The molecule has 3 saturated carbocycles. The summed E-state index contributed by atoms with van der Waals surface area (Å²) in [7, 11) is 0. The first kappa shape index (κ1) is 22.3. The van der Waals surface area contributed by atoms with E-state index in [1.165, 1.54) is 68.9 Å². The van der Waals surface area contributed by atoms with Gasteiger partial charge in [-0.3, -0.25) is 4.79 Å². The zero-order valence-corrected chi connectivity index (χ0v) is 20.4. The molecule has 0 spiro atoms. The molecule has 0 unspecified atom stereocenters. The molecule has 1 nitrogen and oxygen atoms in total. The Balaban J connectivity index is 1.47. The third-order valence-corrected chi connectivity index (χ3v) is 11.0. The zero-order valence-electron chi connectivity index (χ0n) is 20.4. The Bertz CT molecular complexity index is 716. The Hall–Kier alpha value is -0.850. The van der Waals surface area contributed by atoms with Gasteiger partial charge in [-0.25, -0.2) is 0 Å². The first-order chi connectivity index (χ1) is 14.2. The molecule has 1 heteroatoms. The van der Waals surface area contributed by atoms with Gasteiger partial charge in [-0.2, -0.15) is 0 Å². The molecular formula is C29H46O. The number of allylic oxidation sites excluding steroid dienone is 2. The smallest absolute Gasteiger partial charge is 0.155 e. The second kappa shape index (κ2) is 8.25. The molecule has 8 atom stereocenters. The minimum atomic E-state index is 0.315. The van der Waals surface area contributed by atoms with E-state index >= 15 is 0 Å². The molecule has 30 heavy (non-hydrogen) atoms. The van der Waals surface area contributed by atoms with Gasteiger partial charge < -0.3 is 0 Å². The highest BCUT2D eigenvalue weighted by atomic mass is 16.1. The predicted molar refractivity (Wildman–Crippen MR) is 127 cm³/mol. The molecule has 0 aromatic heterocycles. The van der Waals surface area contributed by atoms with E-state index in [0.29, 0.717) is 22.5 Å². The summed E-state index contributed by atoms with van der Waals surface area (Å²) in [6, 6.07) is 0. The van der Waals surface area contributed by atoms with Crippen LogP contribution in [0.15, 0.2) is 23.8 Å². The summed E-state index contributed by atoms with van der Waals surface area (Å²) >= 11 is 0. The lowest BCUT2D eigenvalue weighted by Gasteiger charge is -2.58. The average molecular weight is 411 g/mol. The maximum absolute atomic E-state index is 12.1. The molecule has 0 radical (unpaired) electrons. The number of carbonyl (C=O) groups is 1. The van der Waals surface area contributed by atoms with Gasteiger partial charge in [0.05, 0.1) is 0 Å². The largest absolute Gasteiger partial charge is 0.295 e. The van der Waals surface area contributed by atoms with Crippen molar-refractivity contribution in [2.24, 2.45) is 46.3 Å². The van der Waals surface area contributed by atoms with Gasteiger partial charge in [0.15, 0.2) is 5.78 Å². The van der Waals surface area contributed by atoms with E-state index in [4.69, 9.17) is 0 Å². The first-order valence-electron chi connectivity index (χ1n) is 13.1. The van der Waals surface area contributed by atoms with Crippen LogP contribution in [0.2, 0.25) is 0 Å². The highest BCUT2D eigenvalue weighted by Gasteiger charge is 2.59. The summed E-state index contributed by atoms with van der Waals surface area (Å²) in [6.07, 6.45) is 15.9. The summed E-state index contributed by atoms with van der Waals surface area (Å²) in [6.45, 7) is 16.8. The minimum Gasteiger partial charge on any atom is -0.295 e. The summed E-state index contributed by atoms with van der Waals surface area (Å²) in [5, 5.41) is 0. The molecule has 4 rings (SSSR count).